The van der Waals surface area contributed by atoms with Crippen LogP contribution >= 0.6 is 0 Å². The number of carbonyl (C=O) groups excluding carboxylic acids is 4. The maximum Gasteiger partial charge on any atom is 0.340 e. The minimum Gasteiger partial charge on any atom is -0.466 e. The Balaban J connectivity index is 0. The van der Waals surface area contributed by atoms with E-state index in [0.29, 0.717) is 19.3 Å². The van der Waals surface area contributed by atoms with Crippen LogP contribution in [0.5, 0.6) is 0 Å². The largest absolute Gasteiger partial charge is 0.466 e. The van der Waals surface area contributed by atoms with E-state index in [9.17, 15) is 24.3 Å². The Hall–Kier alpha value is -2.16. The van der Waals surface area contributed by atoms with Crippen molar-refractivity contribution >= 4 is 23.7 Å². The highest BCUT2D eigenvalue weighted by atomic mass is 16.6. The number of Topliss-reactive ketones (excluding diaryl/α,β-unsaturated/α-hetero) is 1. The number of unbranched alkanes of at least 4 members (excludes halogenated alkanes) is 3. The molecule has 0 saturated carbocycles. The van der Waals surface area contributed by atoms with Crippen molar-refractivity contribution in [1.29, 1.82) is 0 Å². The summed E-state index contributed by atoms with van der Waals surface area (Å²) >= 11 is 0. The molecule has 13 heteroatoms. The van der Waals surface area contributed by atoms with E-state index < -0.39 is 73.2 Å². The Bertz CT molecular complexity index is 674. The molecule has 224 valence electrons. The Kier molecular flexibility index (Phi) is 21.7. The van der Waals surface area contributed by atoms with Gasteiger partial charge in [0.2, 0.25) is 0 Å². The van der Waals surface area contributed by atoms with Crippen molar-refractivity contribution in [3.8, 4) is 0 Å². The van der Waals surface area contributed by atoms with Gasteiger partial charge in [0.1, 0.15) is 24.1 Å². The molecule has 2 unspecified atom stereocenters. The molecule has 0 spiro atoms. The standard InChI is InChI=1S/C20H34O8.C5H12O5/c1-5-8-11-26-16(22)14-20(25,19(24)28-13-10-7-3)17(15(4)21)18(23)27-12-9-6-2;6-1-3(8)5(10)4(9)2-7/h17,25H,5-14H2,1-4H3;3-10H,1-2H2/t;3-,4+,5+. The fourth-order valence-corrected chi connectivity index (χ4v) is 2.90. The molecule has 0 aliphatic carbocycles. The summed E-state index contributed by atoms with van der Waals surface area (Å²) < 4.78 is 15.0. The molecule has 0 aromatic carbocycles. The smallest absolute Gasteiger partial charge is 0.340 e. The summed E-state index contributed by atoms with van der Waals surface area (Å²) in [4.78, 5) is 49.2. The summed E-state index contributed by atoms with van der Waals surface area (Å²) in [5.41, 5.74) is -2.67. The predicted octanol–water partition coefficient (Wildman–Crippen LogP) is -0.604. The normalized spacial score (nSPS) is 15.5. The maximum absolute atomic E-state index is 12.5. The Morgan fingerprint density at radius 2 is 1.16 bits per heavy atom. The van der Waals surface area contributed by atoms with Crippen molar-refractivity contribution in [2.24, 2.45) is 5.92 Å². The lowest BCUT2D eigenvalue weighted by Gasteiger charge is -2.30. The topological polar surface area (TPSA) is 217 Å². The van der Waals surface area contributed by atoms with Crippen LogP contribution in [0.3, 0.4) is 0 Å². The summed E-state index contributed by atoms with van der Waals surface area (Å²) in [5.74, 6) is -5.82. The van der Waals surface area contributed by atoms with Gasteiger partial charge in [0.05, 0.1) is 39.5 Å². The molecule has 0 aliphatic rings. The molecule has 0 amide bonds. The third-order valence-corrected chi connectivity index (χ3v) is 5.28. The first-order valence-electron chi connectivity index (χ1n) is 12.9. The van der Waals surface area contributed by atoms with Crippen molar-refractivity contribution in [3.05, 3.63) is 0 Å². The quantitative estimate of drug-likeness (QED) is 0.0509. The van der Waals surface area contributed by atoms with Gasteiger partial charge in [-0.05, 0) is 26.2 Å². The van der Waals surface area contributed by atoms with Gasteiger partial charge in [-0.15, -0.1) is 0 Å². The lowest BCUT2D eigenvalue weighted by atomic mass is 9.81. The summed E-state index contributed by atoms with van der Waals surface area (Å²) in [7, 11) is 0. The van der Waals surface area contributed by atoms with Crippen LogP contribution in [0.1, 0.15) is 72.6 Å². The average Bonchev–Trinajstić information content (AvgIpc) is 2.87. The zero-order chi connectivity index (χ0) is 29.7. The van der Waals surface area contributed by atoms with Gasteiger partial charge in [0.15, 0.2) is 11.5 Å². The molecule has 0 saturated heterocycles. The van der Waals surface area contributed by atoms with Gasteiger partial charge in [-0.1, -0.05) is 40.0 Å². The molecule has 5 atom stereocenters. The SMILES string of the molecule is CCCCOC(=O)CC(O)(C(=O)OCCCC)C(C(C)=O)C(=O)OCCCC.OC[C@@H](O)[C@H](O)[C@@H](O)CO. The summed E-state index contributed by atoms with van der Waals surface area (Å²) in [6.45, 7) is 5.61. The highest BCUT2D eigenvalue weighted by Gasteiger charge is 2.54. The van der Waals surface area contributed by atoms with Gasteiger partial charge in [-0.25, -0.2) is 4.79 Å². The molecule has 38 heavy (non-hydrogen) atoms. The number of rotatable bonds is 19. The third kappa shape index (κ3) is 14.7. The van der Waals surface area contributed by atoms with Gasteiger partial charge in [-0.2, -0.15) is 0 Å². The second-order valence-electron chi connectivity index (χ2n) is 8.72. The summed E-state index contributed by atoms with van der Waals surface area (Å²) in [6, 6.07) is 0. The van der Waals surface area contributed by atoms with Crippen molar-refractivity contribution in [2.75, 3.05) is 33.0 Å². The molecule has 0 aliphatic heterocycles. The Labute approximate surface area is 223 Å². The average molecular weight is 555 g/mol. The first kappa shape index (κ1) is 38.0. The summed E-state index contributed by atoms with van der Waals surface area (Å²) in [5, 5.41) is 53.5. The van der Waals surface area contributed by atoms with E-state index in [1.54, 1.807) is 0 Å². The van der Waals surface area contributed by atoms with Gasteiger partial charge in [0.25, 0.3) is 0 Å². The van der Waals surface area contributed by atoms with Crippen LogP contribution in [0.2, 0.25) is 0 Å². The van der Waals surface area contributed by atoms with Gasteiger partial charge < -0.3 is 44.8 Å². The number of esters is 3. The van der Waals surface area contributed by atoms with E-state index in [1.165, 1.54) is 0 Å². The molecule has 0 bridgehead atoms. The zero-order valence-electron chi connectivity index (χ0n) is 22.8. The first-order chi connectivity index (χ1) is 17.9. The lowest BCUT2D eigenvalue weighted by molar-refractivity contribution is -0.187. The number of aliphatic hydroxyl groups excluding tert-OH is 5. The molecule has 13 nitrogen and oxygen atoms in total. The van der Waals surface area contributed by atoms with Crippen molar-refractivity contribution in [1.82, 2.24) is 0 Å². The minimum absolute atomic E-state index is 0.00195. The highest BCUT2D eigenvalue weighted by Crippen LogP contribution is 2.27. The van der Waals surface area contributed by atoms with E-state index in [1.807, 2.05) is 20.8 Å². The molecule has 0 aromatic rings. The second kappa shape index (κ2) is 21.7. The van der Waals surface area contributed by atoms with Crippen LogP contribution < -0.4 is 0 Å². The molecule has 0 aromatic heterocycles. The van der Waals surface area contributed by atoms with Gasteiger partial charge >= 0.3 is 17.9 Å². The zero-order valence-corrected chi connectivity index (χ0v) is 22.8. The fraction of sp³-hybridized carbons (Fsp3) is 0.840. The molecule has 0 heterocycles. The predicted molar refractivity (Wildman–Crippen MR) is 134 cm³/mol. The Morgan fingerprint density at radius 3 is 1.55 bits per heavy atom. The number of carbonyl (C=O) groups is 4. The molecule has 0 fully saturated rings. The second-order valence-corrected chi connectivity index (χ2v) is 8.72. The third-order valence-electron chi connectivity index (χ3n) is 5.28. The van der Waals surface area contributed by atoms with E-state index in [2.05, 4.69) is 0 Å². The van der Waals surface area contributed by atoms with Crippen LogP contribution in [0.4, 0.5) is 0 Å². The van der Waals surface area contributed by atoms with Crippen LogP contribution in [0, 0.1) is 5.92 Å². The molecular formula is C25H46O13. The highest BCUT2D eigenvalue weighted by molar-refractivity contribution is 6.05. The van der Waals surface area contributed by atoms with Crippen molar-refractivity contribution < 1.29 is 64.0 Å². The maximum atomic E-state index is 12.5. The molecule has 0 radical (unpaired) electrons. The monoisotopic (exact) mass is 554 g/mol. The number of hydrogen-bond donors (Lipinski definition) is 6. The van der Waals surface area contributed by atoms with Crippen LogP contribution in [0.15, 0.2) is 0 Å². The molecule has 0 rings (SSSR count). The molecular weight excluding hydrogens is 508 g/mol. The van der Waals surface area contributed by atoms with Crippen molar-refractivity contribution in [2.45, 2.75) is 96.6 Å². The number of ketones is 1. The van der Waals surface area contributed by atoms with Crippen LogP contribution in [-0.4, -0.2) is 111 Å². The number of aliphatic hydroxyl groups is 6. The van der Waals surface area contributed by atoms with E-state index >= 15 is 0 Å². The van der Waals surface area contributed by atoms with Crippen molar-refractivity contribution in [3.63, 3.8) is 0 Å². The van der Waals surface area contributed by atoms with E-state index in [-0.39, 0.29) is 19.8 Å². The Morgan fingerprint density at radius 1 is 0.737 bits per heavy atom. The fourth-order valence-electron chi connectivity index (χ4n) is 2.90. The molecule has 6 N–H and O–H groups in total. The minimum atomic E-state index is -2.67. The first-order valence-corrected chi connectivity index (χ1v) is 12.9. The van der Waals surface area contributed by atoms with Crippen LogP contribution in [0.25, 0.3) is 0 Å². The number of hydrogen-bond acceptors (Lipinski definition) is 13. The number of ether oxygens (including phenoxy) is 3. The summed E-state index contributed by atoms with van der Waals surface area (Å²) in [6.07, 6.45) is -1.17. The lowest BCUT2D eigenvalue weighted by Crippen LogP contribution is -2.55. The van der Waals surface area contributed by atoms with Gasteiger partial charge in [-0.3, -0.25) is 14.4 Å². The van der Waals surface area contributed by atoms with E-state index in [0.717, 1.165) is 26.2 Å². The van der Waals surface area contributed by atoms with Gasteiger partial charge in [0, 0.05) is 0 Å². The van der Waals surface area contributed by atoms with E-state index in [4.69, 9.17) is 39.7 Å². The van der Waals surface area contributed by atoms with Crippen LogP contribution in [-0.2, 0) is 33.4 Å².